The molecule has 0 amide bonds. The third kappa shape index (κ3) is 2.80. The van der Waals surface area contributed by atoms with Gasteiger partial charge in [0.1, 0.15) is 11.6 Å². The molecule has 1 aliphatic rings. The molecular formula is C19H20N4O3. The molecule has 7 nitrogen and oxygen atoms in total. The normalized spacial score (nSPS) is 16.5. The number of fused-ring (bicyclic) bond motifs is 1. The number of hydrogen-bond donors (Lipinski definition) is 2. The summed E-state index contributed by atoms with van der Waals surface area (Å²) in [7, 11) is 1.33. The van der Waals surface area contributed by atoms with Gasteiger partial charge in [0.25, 0.3) is 0 Å². The predicted molar refractivity (Wildman–Crippen MR) is 94.4 cm³/mol. The van der Waals surface area contributed by atoms with Gasteiger partial charge >= 0.3 is 5.97 Å². The Labute approximate surface area is 151 Å². The molecule has 134 valence electrons. The standard InChI is InChI=1S/C19H20N4O3/c1-19(2,3)15-14-13(10-5-7-11(8-6-10)18(24)25-4)12(9-20)16(21)26-17(14)23-22-15/h5-8,13H,21H2,1-4H3,(H,22,23)/t13-/m1/s1. The zero-order valence-electron chi connectivity index (χ0n) is 15.1. The summed E-state index contributed by atoms with van der Waals surface area (Å²) in [5, 5.41) is 16.9. The summed E-state index contributed by atoms with van der Waals surface area (Å²) in [5.74, 6) is -0.440. The second kappa shape index (κ2) is 6.23. The highest BCUT2D eigenvalue weighted by molar-refractivity contribution is 5.89. The number of ether oxygens (including phenoxy) is 2. The first-order chi connectivity index (χ1) is 12.3. The second-order valence-corrected chi connectivity index (χ2v) is 7.11. The molecule has 0 saturated carbocycles. The third-order valence-corrected chi connectivity index (χ3v) is 4.35. The highest BCUT2D eigenvalue weighted by Crippen LogP contribution is 2.45. The summed E-state index contributed by atoms with van der Waals surface area (Å²) in [4.78, 5) is 11.7. The molecule has 0 unspecified atom stereocenters. The summed E-state index contributed by atoms with van der Waals surface area (Å²) in [6, 6.07) is 9.06. The van der Waals surface area contributed by atoms with Crippen molar-refractivity contribution in [1.29, 1.82) is 5.26 Å². The number of allylic oxidation sites excluding steroid dienone is 1. The number of rotatable bonds is 2. The first-order valence-electron chi connectivity index (χ1n) is 8.12. The molecule has 7 heteroatoms. The van der Waals surface area contributed by atoms with Crippen LogP contribution in [0.1, 0.15) is 53.9 Å². The predicted octanol–water partition coefficient (Wildman–Crippen LogP) is 2.71. The third-order valence-electron chi connectivity index (χ3n) is 4.35. The molecule has 26 heavy (non-hydrogen) atoms. The number of nitrogens with two attached hydrogens (primary N) is 1. The monoisotopic (exact) mass is 352 g/mol. The quantitative estimate of drug-likeness (QED) is 0.803. The Kier molecular flexibility index (Phi) is 4.20. The van der Waals surface area contributed by atoms with Gasteiger partial charge in [-0.25, -0.2) is 4.79 Å². The minimum absolute atomic E-state index is 0.0361. The number of aromatic nitrogens is 2. The van der Waals surface area contributed by atoms with E-state index >= 15 is 0 Å². The van der Waals surface area contributed by atoms with E-state index < -0.39 is 11.9 Å². The fourth-order valence-corrected chi connectivity index (χ4v) is 3.08. The smallest absolute Gasteiger partial charge is 0.337 e. The van der Waals surface area contributed by atoms with Crippen molar-refractivity contribution in [2.45, 2.75) is 32.1 Å². The van der Waals surface area contributed by atoms with Gasteiger partial charge in [0.15, 0.2) is 0 Å². The van der Waals surface area contributed by atoms with Gasteiger partial charge < -0.3 is 15.2 Å². The number of benzene rings is 1. The van der Waals surface area contributed by atoms with E-state index in [1.54, 1.807) is 24.3 Å². The van der Waals surface area contributed by atoms with E-state index in [0.29, 0.717) is 17.0 Å². The number of nitriles is 1. The van der Waals surface area contributed by atoms with Crippen molar-refractivity contribution in [3.8, 4) is 11.9 Å². The van der Waals surface area contributed by atoms with Gasteiger partial charge in [0, 0.05) is 11.1 Å². The first-order valence-corrected chi connectivity index (χ1v) is 8.12. The molecule has 0 radical (unpaired) electrons. The van der Waals surface area contributed by atoms with Gasteiger partial charge in [-0.05, 0) is 17.7 Å². The van der Waals surface area contributed by atoms with Gasteiger partial charge in [-0.1, -0.05) is 32.9 Å². The first kappa shape index (κ1) is 17.5. The van der Waals surface area contributed by atoms with Gasteiger partial charge in [-0.3, -0.25) is 5.10 Å². The molecule has 2 heterocycles. The average Bonchev–Trinajstić information content (AvgIpc) is 3.03. The van der Waals surface area contributed by atoms with Crippen molar-refractivity contribution < 1.29 is 14.3 Å². The minimum atomic E-state index is -0.427. The minimum Gasteiger partial charge on any atom is -0.465 e. The van der Waals surface area contributed by atoms with Gasteiger partial charge in [-0.15, -0.1) is 5.10 Å². The van der Waals surface area contributed by atoms with Crippen LogP contribution in [0.3, 0.4) is 0 Å². The van der Waals surface area contributed by atoms with Gasteiger partial charge in [0.05, 0.1) is 24.2 Å². The van der Waals surface area contributed by atoms with Crippen LogP contribution in [0, 0.1) is 11.3 Å². The van der Waals surface area contributed by atoms with Crippen molar-refractivity contribution >= 4 is 5.97 Å². The average molecular weight is 352 g/mol. The number of nitrogens with one attached hydrogen (secondary N) is 1. The van der Waals surface area contributed by atoms with Crippen LogP contribution in [-0.2, 0) is 10.2 Å². The molecule has 0 bridgehead atoms. The molecule has 3 rings (SSSR count). The Morgan fingerprint density at radius 3 is 2.54 bits per heavy atom. The molecular weight excluding hydrogens is 332 g/mol. The molecule has 2 aromatic rings. The van der Waals surface area contributed by atoms with E-state index in [-0.39, 0.29) is 11.3 Å². The lowest BCUT2D eigenvalue weighted by atomic mass is 9.78. The number of esters is 1. The zero-order valence-corrected chi connectivity index (χ0v) is 15.1. The Balaban J connectivity index is 2.18. The molecule has 1 aromatic heterocycles. The summed E-state index contributed by atoms with van der Waals surface area (Å²) in [5.41, 5.74) is 8.94. The molecule has 0 aliphatic carbocycles. The topological polar surface area (TPSA) is 114 Å². The molecule has 0 spiro atoms. The highest BCUT2D eigenvalue weighted by atomic mass is 16.5. The summed E-state index contributed by atoms with van der Waals surface area (Å²) >= 11 is 0. The van der Waals surface area contributed by atoms with Crippen molar-refractivity contribution in [2.24, 2.45) is 5.73 Å². The maximum atomic E-state index is 11.7. The number of carbonyl (C=O) groups is 1. The van der Waals surface area contributed by atoms with Crippen LogP contribution in [0.5, 0.6) is 5.88 Å². The van der Waals surface area contributed by atoms with Crippen LogP contribution in [0.2, 0.25) is 0 Å². The Bertz CT molecular complexity index is 927. The molecule has 1 aromatic carbocycles. The van der Waals surface area contributed by atoms with E-state index in [9.17, 15) is 10.1 Å². The maximum Gasteiger partial charge on any atom is 0.337 e. The summed E-state index contributed by atoms with van der Waals surface area (Å²) < 4.78 is 10.3. The Morgan fingerprint density at radius 1 is 1.35 bits per heavy atom. The Morgan fingerprint density at radius 2 is 2.00 bits per heavy atom. The highest BCUT2D eigenvalue weighted by Gasteiger charge is 2.37. The van der Waals surface area contributed by atoms with Crippen LogP contribution in [0.25, 0.3) is 0 Å². The van der Waals surface area contributed by atoms with E-state index in [4.69, 9.17) is 15.2 Å². The molecule has 3 N–H and O–H groups in total. The lowest BCUT2D eigenvalue weighted by molar-refractivity contribution is 0.0600. The number of H-pyrrole nitrogens is 1. The van der Waals surface area contributed by atoms with Crippen LogP contribution in [-0.4, -0.2) is 23.3 Å². The largest absolute Gasteiger partial charge is 0.465 e. The van der Waals surface area contributed by atoms with E-state index in [0.717, 1.165) is 16.8 Å². The SMILES string of the molecule is COC(=O)c1ccc([C@@H]2C(C#N)=C(N)Oc3n[nH]c(C(C)(C)C)c32)cc1. The second-order valence-electron chi connectivity index (χ2n) is 7.11. The lowest BCUT2D eigenvalue weighted by Gasteiger charge is -2.27. The Hall–Kier alpha value is -3.27. The summed E-state index contributed by atoms with van der Waals surface area (Å²) in [6.45, 7) is 6.14. The van der Waals surface area contributed by atoms with Crippen molar-refractivity contribution in [3.05, 3.63) is 58.1 Å². The summed E-state index contributed by atoms with van der Waals surface area (Å²) in [6.07, 6.45) is 0. The number of nitrogens with zero attached hydrogens (tertiary/aromatic N) is 2. The van der Waals surface area contributed by atoms with E-state index in [2.05, 4.69) is 16.3 Å². The maximum absolute atomic E-state index is 11.7. The van der Waals surface area contributed by atoms with Crippen LogP contribution < -0.4 is 10.5 Å². The van der Waals surface area contributed by atoms with E-state index in [1.165, 1.54) is 7.11 Å². The zero-order chi connectivity index (χ0) is 19.1. The van der Waals surface area contributed by atoms with Crippen molar-refractivity contribution in [3.63, 3.8) is 0 Å². The molecule has 1 atom stereocenters. The van der Waals surface area contributed by atoms with Crippen LogP contribution >= 0.6 is 0 Å². The van der Waals surface area contributed by atoms with Gasteiger partial charge in [-0.2, -0.15) is 5.26 Å². The molecule has 1 aliphatic heterocycles. The van der Waals surface area contributed by atoms with E-state index in [1.807, 2.05) is 20.8 Å². The van der Waals surface area contributed by atoms with Crippen molar-refractivity contribution in [2.75, 3.05) is 7.11 Å². The van der Waals surface area contributed by atoms with Crippen LogP contribution in [0.15, 0.2) is 35.7 Å². The lowest BCUT2D eigenvalue weighted by Crippen LogP contribution is -2.24. The molecule has 0 fully saturated rings. The molecule has 0 saturated heterocycles. The van der Waals surface area contributed by atoms with Crippen LogP contribution in [0.4, 0.5) is 0 Å². The van der Waals surface area contributed by atoms with Crippen molar-refractivity contribution in [1.82, 2.24) is 10.2 Å². The number of hydrogen-bond acceptors (Lipinski definition) is 6. The van der Waals surface area contributed by atoms with Gasteiger partial charge in [0.2, 0.25) is 11.8 Å². The fraction of sp³-hybridized carbons (Fsp3) is 0.316. The fourth-order valence-electron chi connectivity index (χ4n) is 3.08. The number of carbonyl (C=O) groups excluding carboxylic acids is 1. The number of methoxy groups -OCH3 is 1. The number of aromatic amines is 1.